The van der Waals surface area contributed by atoms with E-state index in [1.165, 1.54) is 37.9 Å². The minimum absolute atomic E-state index is 0.0414. The maximum atomic E-state index is 13.2. The second-order valence-electron chi connectivity index (χ2n) is 9.34. The van der Waals surface area contributed by atoms with Crippen LogP contribution in [0.2, 0.25) is 0 Å². The number of nitrogens with one attached hydrogen (secondary N) is 2. The second kappa shape index (κ2) is 7.06. The number of hydrogen-bond acceptors (Lipinski definition) is 5. The lowest BCUT2D eigenvalue weighted by molar-refractivity contribution is -0.135. The van der Waals surface area contributed by atoms with E-state index in [-0.39, 0.29) is 11.9 Å². The molecule has 2 N–H and O–H groups in total. The number of rotatable bonds is 3. The zero-order valence-electron chi connectivity index (χ0n) is 16.9. The van der Waals surface area contributed by atoms with Crippen LogP contribution in [0.4, 0.5) is 0 Å². The highest BCUT2D eigenvalue weighted by atomic mass is 16.2. The van der Waals surface area contributed by atoms with Gasteiger partial charge in [0.25, 0.3) is 0 Å². The minimum atomic E-state index is -0.0414. The predicted octanol–water partition coefficient (Wildman–Crippen LogP) is 2.51. The average Bonchev–Trinajstić information content (AvgIpc) is 3.40. The van der Waals surface area contributed by atoms with Gasteiger partial charge in [0.1, 0.15) is 17.4 Å². The molecule has 4 heterocycles. The average molecular weight is 395 g/mol. The first-order chi connectivity index (χ1) is 14.3. The molecule has 0 radical (unpaired) electrons. The number of carbonyl (C=O) groups excluding carboxylic acids is 1. The highest BCUT2D eigenvalue weighted by Crippen LogP contribution is 2.40. The van der Waals surface area contributed by atoms with Crippen LogP contribution in [0.3, 0.4) is 0 Å². The third-order valence-corrected chi connectivity index (χ3v) is 7.78. The van der Waals surface area contributed by atoms with Gasteiger partial charge in [0.2, 0.25) is 5.91 Å². The predicted molar refractivity (Wildman–Crippen MR) is 110 cm³/mol. The number of piperidine rings is 1. The van der Waals surface area contributed by atoms with Crippen molar-refractivity contribution in [2.24, 2.45) is 5.92 Å². The summed E-state index contributed by atoms with van der Waals surface area (Å²) in [7, 11) is 0. The number of imidazole rings is 1. The molecule has 29 heavy (non-hydrogen) atoms. The standard InChI is InChI=1S/C22H30N6O/c29-22(19-16-6-2-7-17(16)25-26-19)27-12-9-15(10-13-27)28-20(14-4-1-5-14)24-18-8-3-11-23-21(18)28/h3,8,11,14-17,19,25-26H,1-2,4-7,9-10,12-13H2. The Morgan fingerprint density at radius 1 is 1.03 bits per heavy atom. The van der Waals surface area contributed by atoms with Crippen LogP contribution in [-0.4, -0.2) is 50.5 Å². The fraction of sp³-hybridized carbons (Fsp3) is 0.682. The van der Waals surface area contributed by atoms with E-state index in [9.17, 15) is 4.79 Å². The van der Waals surface area contributed by atoms with E-state index in [0.717, 1.165) is 43.5 Å². The van der Waals surface area contributed by atoms with Crippen LogP contribution >= 0.6 is 0 Å². The van der Waals surface area contributed by atoms with Crippen LogP contribution in [0.1, 0.15) is 69.2 Å². The molecular formula is C22H30N6O. The summed E-state index contributed by atoms with van der Waals surface area (Å²) in [5, 5.41) is 0. The van der Waals surface area contributed by atoms with Crippen molar-refractivity contribution in [3.8, 4) is 0 Å². The molecule has 2 aromatic rings. The summed E-state index contributed by atoms with van der Waals surface area (Å²) in [6.07, 6.45) is 11.2. The van der Waals surface area contributed by atoms with Gasteiger partial charge in [-0.05, 0) is 50.7 Å². The normalized spacial score (nSPS) is 30.6. The summed E-state index contributed by atoms with van der Waals surface area (Å²) in [5.41, 5.74) is 8.68. The molecule has 7 heteroatoms. The van der Waals surface area contributed by atoms with Crippen molar-refractivity contribution in [3.05, 3.63) is 24.2 Å². The van der Waals surface area contributed by atoms with Gasteiger partial charge in [0.05, 0.1) is 0 Å². The van der Waals surface area contributed by atoms with Crippen molar-refractivity contribution in [2.45, 2.75) is 75.4 Å². The van der Waals surface area contributed by atoms with Crippen LogP contribution in [-0.2, 0) is 4.79 Å². The number of aromatic nitrogens is 3. The summed E-state index contributed by atoms with van der Waals surface area (Å²) < 4.78 is 2.42. The number of pyridine rings is 1. The Morgan fingerprint density at radius 3 is 2.66 bits per heavy atom. The number of carbonyl (C=O) groups is 1. The van der Waals surface area contributed by atoms with E-state index in [1.807, 2.05) is 12.3 Å². The van der Waals surface area contributed by atoms with E-state index in [2.05, 4.69) is 31.4 Å². The first-order valence-electron chi connectivity index (χ1n) is 11.4. The Morgan fingerprint density at radius 2 is 1.86 bits per heavy atom. The van der Waals surface area contributed by atoms with E-state index in [1.54, 1.807) is 0 Å². The lowest BCUT2D eigenvalue weighted by Gasteiger charge is -2.36. The van der Waals surface area contributed by atoms with Crippen LogP contribution in [0.5, 0.6) is 0 Å². The van der Waals surface area contributed by atoms with Crippen LogP contribution < -0.4 is 10.9 Å². The highest BCUT2D eigenvalue weighted by Gasteiger charge is 2.44. The topological polar surface area (TPSA) is 75.1 Å². The smallest absolute Gasteiger partial charge is 0.241 e. The molecule has 4 fully saturated rings. The molecule has 6 rings (SSSR count). The van der Waals surface area contributed by atoms with Crippen LogP contribution in [0, 0.1) is 5.92 Å². The van der Waals surface area contributed by atoms with Crippen molar-refractivity contribution in [2.75, 3.05) is 13.1 Å². The van der Waals surface area contributed by atoms with Gasteiger partial charge in [-0.2, -0.15) is 0 Å². The third-order valence-electron chi connectivity index (χ3n) is 7.78. The Balaban J connectivity index is 1.20. The molecule has 2 saturated heterocycles. The molecule has 2 saturated carbocycles. The maximum absolute atomic E-state index is 13.2. The maximum Gasteiger partial charge on any atom is 0.241 e. The zero-order valence-corrected chi connectivity index (χ0v) is 16.9. The first kappa shape index (κ1) is 17.8. The minimum Gasteiger partial charge on any atom is -0.341 e. The lowest BCUT2D eigenvalue weighted by atomic mass is 9.84. The molecule has 1 amide bonds. The summed E-state index contributed by atoms with van der Waals surface area (Å²) in [5.74, 6) is 2.56. The molecular weight excluding hydrogens is 364 g/mol. The lowest BCUT2D eigenvalue weighted by Crippen LogP contribution is -2.50. The van der Waals surface area contributed by atoms with E-state index in [0.29, 0.717) is 23.9 Å². The Kier molecular flexibility index (Phi) is 4.34. The van der Waals surface area contributed by atoms with Gasteiger partial charge in [-0.15, -0.1) is 0 Å². The van der Waals surface area contributed by atoms with Crippen LogP contribution in [0.15, 0.2) is 18.3 Å². The molecule has 0 spiro atoms. The van der Waals surface area contributed by atoms with Gasteiger partial charge in [0.15, 0.2) is 5.65 Å². The molecule has 2 aliphatic heterocycles. The molecule has 0 aromatic carbocycles. The first-order valence-corrected chi connectivity index (χ1v) is 11.4. The van der Waals surface area contributed by atoms with Gasteiger partial charge >= 0.3 is 0 Å². The highest BCUT2D eigenvalue weighted by molar-refractivity contribution is 5.83. The molecule has 3 unspecified atom stereocenters. The van der Waals surface area contributed by atoms with Crippen molar-refractivity contribution in [1.82, 2.24) is 30.3 Å². The zero-order chi connectivity index (χ0) is 19.4. The quantitative estimate of drug-likeness (QED) is 0.837. The van der Waals surface area contributed by atoms with Crippen molar-refractivity contribution < 1.29 is 4.79 Å². The summed E-state index contributed by atoms with van der Waals surface area (Å²) in [6, 6.07) is 4.89. The van der Waals surface area contributed by atoms with Crippen LogP contribution in [0.25, 0.3) is 11.2 Å². The summed E-state index contributed by atoms with van der Waals surface area (Å²) >= 11 is 0. The fourth-order valence-corrected chi connectivity index (χ4v) is 5.92. The number of fused-ring (bicyclic) bond motifs is 2. The Bertz CT molecular complexity index is 913. The summed E-state index contributed by atoms with van der Waals surface area (Å²) in [4.78, 5) is 24.9. The molecule has 2 aromatic heterocycles. The summed E-state index contributed by atoms with van der Waals surface area (Å²) in [6.45, 7) is 1.66. The number of hydrazine groups is 1. The largest absolute Gasteiger partial charge is 0.341 e. The SMILES string of the molecule is O=C(C1NNC2CCCC21)N1CCC(n2c(C3CCC3)nc3cccnc32)CC1. The molecule has 2 aliphatic carbocycles. The van der Waals surface area contributed by atoms with Gasteiger partial charge in [-0.3, -0.25) is 10.2 Å². The monoisotopic (exact) mass is 394 g/mol. The van der Waals surface area contributed by atoms with Crippen molar-refractivity contribution >= 4 is 17.1 Å². The number of nitrogens with zero attached hydrogens (tertiary/aromatic N) is 4. The van der Waals surface area contributed by atoms with Gasteiger partial charge in [-0.25, -0.2) is 15.4 Å². The van der Waals surface area contributed by atoms with Gasteiger partial charge in [-0.1, -0.05) is 12.8 Å². The van der Waals surface area contributed by atoms with E-state index < -0.39 is 0 Å². The second-order valence-corrected chi connectivity index (χ2v) is 9.34. The molecule has 154 valence electrons. The third kappa shape index (κ3) is 2.89. The Labute approximate surface area is 171 Å². The number of hydrogen-bond donors (Lipinski definition) is 2. The van der Waals surface area contributed by atoms with Crippen molar-refractivity contribution in [3.63, 3.8) is 0 Å². The molecule has 3 atom stereocenters. The van der Waals surface area contributed by atoms with E-state index in [4.69, 9.17) is 4.98 Å². The van der Waals surface area contributed by atoms with E-state index >= 15 is 0 Å². The van der Waals surface area contributed by atoms with Gasteiger partial charge in [0, 0.05) is 43.2 Å². The molecule has 0 bridgehead atoms. The number of likely N-dealkylation sites (tertiary alicyclic amines) is 1. The van der Waals surface area contributed by atoms with Crippen molar-refractivity contribution in [1.29, 1.82) is 0 Å². The Hall–Kier alpha value is -1.99. The number of amides is 1. The van der Waals surface area contributed by atoms with Gasteiger partial charge < -0.3 is 9.47 Å². The fourth-order valence-electron chi connectivity index (χ4n) is 5.92. The molecule has 7 nitrogen and oxygen atoms in total. The molecule has 4 aliphatic rings.